The molecule has 94 valence electrons. The van der Waals surface area contributed by atoms with E-state index >= 15 is 0 Å². The van der Waals surface area contributed by atoms with Gasteiger partial charge in [-0.15, -0.1) is 11.3 Å². The topological polar surface area (TPSA) is 56.0 Å². The molecule has 0 aliphatic rings. The Kier molecular flexibility index (Phi) is 4.23. The Hall–Kier alpha value is -1.52. The Balaban J connectivity index is 2.10. The lowest BCUT2D eigenvalue weighted by atomic mass is 10.1. The minimum absolute atomic E-state index is 0.0615. The monoisotopic (exact) mass is 260 g/mol. The van der Waals surface area contributed by atoms with Crippen molar-refractivity contribution in [3.63, 3.8) is 0 Å². The Morgan fingerprint density at radius 1 is 1.39 bits per heavy atom. The quantitative estimate of drug-likeness (QED) is 0.899. The second-order valence-electron chi connectivity index (χ2n) is 4.15. The van der Waals surface area contributed by atoms with Crippen molar-refractivity contribution in [2.45, 2.75) is 25.8 Å². The fraction of sp³-hybridized carbons (Fsp3) is 0.286. The molecule has 0 fully saturated rings. The summed E-state index contributed by atoms with van der Waals surface area (Å²) >= 11 is 1.51. The summed E-state index contributed by atoms with van der Waals surface area (Å²) in [5, 5.41) is 2.82. The molecule has 2 N–H and O–H groups in total. The number of hydrogen-bond acceptors (Lipinski definition) is 4. The van der Waals surface area contributed by atoms with Crippen molar-refractivity contribution in [2.75, 3.05) is 0 Å². The minimum Gasteiger partial charge on any atom is -0.322 e. The molecule has 4 heteroatoms. The van der Waals surface area contributed by atoms with Crippen LogP contribution in [0.1, 0.15) is 18.4 Å². The van der Waals surface area contributed by atoms with Crippen LogP contribution in [0, 0.1) is 0 Å². The number of hydrogen-bond donors (Lipinski definition) is 1. The van der Waals surface area contributed by atoms with Gasteiger partial charge < -0.3 is 5.73 Å². The maximum atomic E-state index is 11.7. The first-order valence-electron chi connectivity index (χ1n) is 5.98. The summed E-state index contributed by atoms with van der Waals surface area (Å²) in [5.41, 5.74) is 7.71. The van der Waals surface area contributed by atoms with E-state index in [9.17, 15) is 4.79 Å². The number of nitrogens with zero attached hydrogens (tertiary/aromatic N) is 1. The predicted molar refractivity (Wildman–Crippen MR) is 74.5 cm³/mol. The van der Waals surface area contributed by atoms with Gasteiger partial charge in [-0.2, -0.15) is 0 Å². The van der Waals surface area contributed by atoms with E-state index in [4.69, 9.17) is 5.73 Å². The highest BCUT2D eigenvalue weighted by atomic mass is 32.1. The largest absolute Gasteiger partial charge is 0.322 e. The SMILES string of the molecule is CC[C@H](N)C(=O)Cc1nc(-c2ccccc2)cs1. The van der Waals surface area contributed by atoms with E-state index in [1.807, 2.05) is 42.6 Å². The Morgan fingerprint density at radius 2 is 2.11 bits per heavy atom. The summed E-state index contributed by atoms with van der Waals surface area (Å²) in [6.07, 6.45) is 1.02. The Bertz CT molecular complexity index is 522. The van der Waals surface area contributed by atoms with Gasteiger partial charge in [0.1, 0.15) is 5.01 Å². The number of thiazole rings is 1. The Labute approximate surface area is 111 Å². The standard InChI is InChI=1S/C14H16N2OS/c1-2-11(15)13(17)8-14-16-12(9-18-14)10-6-4-3-5-7-10/h3-7,9,11H,2,8,15H2,1H3/t11-/m0/s1. The van der Waals surface area contributed by atoms with Crippen LogP contribution in [0.15, 0.2) is 35.7 Å². The highest BCUT2D eigenvalue weighted by Crippen LogP contribution is 2.22. The van der Waals surface area contributed by atoms with E-state index in [-0.39, 0.29) is 11.8 Å². The molecule has 0 amide bonds. The van der Waals surface area contributed by atoms with Crippen LogP contribution >= 0.6 is 11.3 Å². The van der Waals surface area contributed by atoms with E-state index in [1.165, 1.54) is 11.3 Å². The number of carbonyl (C=O) groups excluding carboxylic acids is 1. The smallest absolute Gasteiger partial charge is 0.156 e. The molecule has 0 bridgehead atoms. The van der Waals surface area contributed by atoms with Crippen molar-refractivity contribution in [1.82, 2.24) is 4.98 Å². The third-order valence-corrected chi connectivity index (χ3v) is 3.65. The molecule has 2 aromatic rings. The zero-order valence-corrected chi connectivity index (χ0v) is 11.1. The van der Waals surface area contributed by atoms with E-state index < -0.39 is 0 Å². The molecule has 0 unspecified atom stereocenters. The van der Waals surface area contributed by atoms with Crippen LogP contribution in [0.4, 0.5) is 0 Å². The maximum absolute atomic E-state index is 11.7. The second-order valence-corrected chi connectivity index (χ2v) is 5.09. The third-order valence-electron chi connectivity index (χ3n) is 2.80. The predicted octanol–water partition coefficient (Wildman–Crippen LogP) is 2.66. The summed E-state index contributed by atoms with van der Waals surface area (Å²) in [6.45, 7) is 1.92. The molecular weight excluding hydrogens is 244 g/mol. The van der Waals surface area contributed by atoms with Gasteiger partial charge in [0.05, 0.1) is 18.2 Å². The lowest BCUT2D eigenvalue weighted by Crippen LogP contribution is -2.30. The van der Waals surface area contributed by atoms with E-state index in [1.54, 1.807) is 0 Å². The number of carbonyl (C=O) groups is 1. The average Bonchev–Trinajstić information content (AvgIpc) is 2.87. The van der Waals surface area contributed by atoms with Gasteiger partial charge in [0.2, 0.25) is 0 Å². The molecule has 0 aliphatic carbocycles. The molecule has 3 nitrogen and oxygen atoms in total. The summed E-state index contributed by atoms with van der Waals surface area (Å²) in [7, 11) is 0. The van der Waals surface area contributed by atoms with Gasteiger partial charge in [0, 0.05) is 10.9 Å². The molecule has 0 aliphatic heterocycles. The first kappa shape index (κ1) is 12.9. The number of Topliss-reactive ketones (excluding diaryl/α,β-unsaturated/α-hetero) is 1. The van der Waals surface area contributed by atoms with Crippen LogP contribution in [0.5, 0.6) is 0 Å². The average molecular weight is 260 g/mol. The van der Waals surface area contributed by atoms with E-state index in [0.717, 1.165) is 16.3 Å². The molecule has 0 saturated heterocycles. The fourth-order valence-corrected chi connectivity index (χ4v) is 2.45. The molecule has 1 aromatic heterocycles. The summed E-state index contributed by atoms with van der Waals surface area (Å²) in [5.74, 6) is 0.0615. The summed E-state index contributed by atoms with van der Waals surface area (Å²) in [4.78, 5) is 16.2. The number of aromatic nitrogens is 1. The van der Waals surface area contributed by atoms with Gasteiger partial charge in [-0.05, 0) is 6.42 Å². The number of rotatable bonds is 5. The van der Waals surface area contributed by atoms with Crippen LogP contribution in [-0.2, 0) is 11.2 Å². The molecule has 0 radical (unpaired) electrons. The molecule has 1 heterocycles. The maximum Gasteiger partial charge on any atom is 0.156 e. The lowest BCUT2D eigenvalue weighted by molar-refractivity contribution is -0.119. The van der Waals surface area contributed by atoms with Crippen LogP contribution in [0.25, 0.3) is 11.3 Å². The van der Waals surface area contributed by atoms with E-state index in [2.05, 4.69) is 4.98 Å². The highest BCUT2D eigenvalue weighted by Gasteiger charge is 2.14. The minimum atomic E-state index is -0.367. The van der Waals surface area contributed by atoms with Gasteiger partial charge in [-0.3, -0.25) is 4.79 Å². The van der Waals surface area contributed by atoms with Gasteiger partial charge in [-0.25, -0.2) is 4.98 Å². The number of nitrogens with two attached hydrogens (primary N) is 1. The molecule has 0 saturated carbocycles. The molecule has 2 rings (SSSR count). The molecular formula is C14H16N2OS. The first-order chi connectivity index (χ1) is 8.70. The summed E-state index contributed by atoms with van der Waals surface area (Å²) in [6, 6.07) is 9.59. The lowest BCUT2D eigenvalue weighted by Gasteiger charge is -2.04. The fourth-order valence-electron chi connectivity index (χ4n) is 1.64. The zero-order chi connectivity index (χ0) is 13.0. The van der Waals surface area contributed by atoms with Crippen LogP contribution in [-0.4, -0.2) is 16.8 Å². The van der Waals surface area contributed by atoms with Crippen molar-refractivity contribution in [3.8, 4) is 11.3 Å². The van der Waals surface area contributed by atoms with Gasteiger partial charge >= 0.3 is 0 Å². The summed E-state index contributed by atoms with van der Waals surface area (Å²) < 4.78 is 0. The van der Waals surface area contributed by atoms with Crippen LogP contribution in [0.2, 0.25) is 0 Å². The first-order valence-corrected chi connectivity index (χ1v) is 6.86. The number of benzene rings is 1. The van der Waals surface area contributed by atoms with Crippen molar-refractivity contribution in [1.29, 1.82) is 0 Å². The second kappa shape index (κ2) is 5.89. The van der Waals surface area contributed by atoms with Crippen LogP contribution < -0.4 is 5.73 Å². The van der Waals surface area contributed by atoms with Crippen molar-refractivity contribution >= 4 is 17.1 Å². The normalized spacial score (nSPS) is 12.3. The van der Waals surface area contributed by atoms with Crippen molar-refractivity contribution in [2.24, 2.45) is 5.73 Å². The highest BCUT2D eigenvalue weighted by molar-refractivity contribution is 7.10. The van der Waals surface area contributed by atoms with Crippen LogP contribution in [0.3, 0.4) is 0 Å². The number of ketones is 1. The molecule has 18 heavy (non-hydrogen) atoms. The van der Waals surface area contributed by atoms with Gasteiger partial charge in [-0.1, -0.05) is 37.3 Å². The van der Waals surface area contributed by atoms with Gasteiger partial charge in [0.25, 0.3) is 0 Å². The van der Waals surface area contributed by atoms with E-state index in [0.29, 0.717) is 12.8 Å². The van der Waals surface area contributed by atoms with Crippen molar-refractivity contribution in [3.05, 3.63) is 40.7 Å². The third kappa shape index (κ3) is 3.03. The van der Waals surface area contributed by atoms with Crippen molar-refractivity contribution < 1.29 is 4.79 Å². The van der Waals surface area contributed by atoms with Gasteiger partial charge in [0.15, 0.2) is 5.78 Å². The Morgan fingerprint density at radius 3 is 2.78 bits per heavy atom. The molecule has 1 atom stereocenters. The molecule has 1 aromatic carbocycles. The molecule has 0 spiro atoms. The zero-order valence-electron chi connectivity index (χ0n) is 10.3.